The van der Waals surface area contributed by atoms with Gasteiger partial charge in [0.25, 0.3) is 0 Å². The Balaban J connectivity index is 1.16. The van der Waals surface area contributed by atoms with Crippen molar-refractivity contribution in [1.82, 2.24) is 14.9 Å². The van der Waals surface area contributed by atoms with E-state index in [2.05, 4.69) is 16.0 Å². The molecule has 0 spiro atoms. The molecular formula is C19H21N3O3S2. The number of carbonyl (C=O) groups is 1. The van der Waals surface area contributed by atoms with Crippen LogP contribution in [0.25, 0.3) is 10.2 Å². The number of benzene rings is 1. The summed E-state index contributed by atoms with van der Waals surface area (Å²) in [5.41, 5.74) is 2.84. The number of aromatic nitrogens is 2. The molecule has 0 aliphatic carbocycles. The molecule has 0 N–H and O–H groups in total. The highest BCUT2D eigenvalue weighted by atomic mass is 32.1. The molecule has 1 aromatic carbocycles. The average Bonchev–Trinajstić information content (AvgIpc) is 3.38. The Bertz CT molecular complexity index is 873. The molecule has 142 valence electrons. The van der Waals surface area contributed by atoms with Crippen LogP contribution in [0.5, 0.6) is 5.75 Å². The number of amides is 1. The summed E-state index contributed by atoms with van der Waals surface area (Å²) in [6.45, 7) is 2.43. The lowest BCUT2D eigenvalue weighted by Gasteiger charge is -2.31. The molecular weight excluding hydrogens is 382 g/mol. The summed E-state index contributed by atoms with van der Waals surface area (Å²) < 4.78 is 12.4. The van der Waals surface area contributed by atoms with Crippen molar-refractivity contribution in [3.8, 4) is 5.75 Å². The fourth-order valence-corrected chi connectivity index (χ4v) is 4.40. The number of thiazole rings is 2. The second-order valence-electron chi connectivity index (χ2n) is 6.53. The van der Waals surface area contributed by atoms with Crippen LogP contribution in [0, 0.1) is 5.92 Å². The third-order valence-corrected chi connectivity index (χ3v) is 6.34. The molecule has 1 amide bonds. The maximum absolute atomic E-state index is 12.1. The van der Waals surface area contributed by atoms with Gasteiger partial charge in [-0.3, -0.25) is 0 Å². The lowest BCUT2D eigenvalue weighted by atomic mass is 9.94. The molecule has 0 bridgehead atoms. The Kier molecular flexibility index (Phi) is 5.84. The molecule has 0 unspecified atom stereocenters. The van der Waals surface area contributed by atoms with Gasteiger partial charge in [0.15, 0.2) is 0 Å². The molecule has 0 atom stereocenters. The van der Waals surface area contributed by atoms with Gasteiger partial charge in [0.05, 0.1) is 22.3 Å². The predicted molar refractivity (Wildman–Crippen MR) is 106 cm³/mol. The minimum absolute atomic E-state index is 0.239. The average molecular weight is 404 g/mol. The number of piperidine rings is 1. The SMILES string of the molecule is O=C(OCc1nccs1)N1CCC(CCOc2ccc3scnc3c2)CC1. The first kappa shape index (κ1) is 18.2. The van der Waals surface area contributed by atoms with Gasteiger partial charge < -0.3 is 14.4 Å². The molecule has 0 saturated carbocycles. The Morgan fingerprint density at radius 2 is 2.11 bits per heavy atom. The van der Waals surface area contributed by atoms with Crippen LogP contribution in [0.3, 0.4) is 0 Å². The summed E-state index contributed by atoms with van der Waals surface area (Å²) in [5, 5.41) is 2.71. The smallest absolute Gasteiger partial charge is 0.410 e. The van der Waals surface area contributed by atoms with Crippen molar-refractivity contribution < 1.29 is 14.3 Å². The highest BCUT2D eigenvalue weighted by Gasteiger charge is 2.23. The number of likely N-dealkylation sites (tertiary alicyclic amines) is 1. The number of fused-ring (bicyclic) bond motifs is 1. The maximum Gasteiger partial charge on any atom is 0.410 e. The van der Waals surface area contributed by atoms with Crippen LogP contribution in [0.4, 0.5) is 4.79 Å². The van der Waals surface area contributed by atoms with Gasteiger partial charge in [-0.1, -0.05) is 0 Å². The highest BCUT2D eigenvalue weighted by Crippen LogP contribution is 2.25. The third kappa shape index (κ3) is 4.75. The second kappa shape index (κ2) is 8.67. The van der Waals surface area contributed by atoms with Crippen LogP contribution in [-0.2, 0) is 11.3 Å². The molecule has 1 aliphatic rings. The van der Waals surface area contributed by atoms with Gasteiger partial charge in [0.1, 0.15) is 17.4 Å². The zero-order valence-corrected chi connectivity index (χ0v) is 16.5. The standard InChI is InChI=1S/C19H21N3O3S2/c23-19(25-12-18-20-6-10-26-18)22-7-3-14(4-8-22)5-9-24-15-1-2-17-16(11-15)21-13-27-17/h1-2,6,10-11,13-14H,3-5,7-9,12H2. The second-order valence-corrected chi connectivity index (χ2v) is 8.40. The molecule has 1 fully saturated rings. The molecule has 2 aromatic heterocycles. The first-order chi connectivity index (χ1) is 13.3. The fourth-order valence-electron chi connectivity index (χ4n) is 3.21. The molecule has 8 heteroatoms. The van der Waals surface area contributed by atoms with Crippen molar-refractivity contribution in [1.29, 1.82) is 0 Å². The largest absolute Gasteiger partial charge is 0.494 e. The van der Waals surface area contributed by atoms with Crippen molar-refractivity contribution in [3.05, 3.63) is 40.3 Å². The molecule has 1 aliphatic heterocycles. The molecule has 0 radical (unpaired) electrons. The van der Waals surface area contributed by atoms with Crippen LogP contribution in [0.1, 0.15) is 24.3 Å². The Hall–Kier alpha value is -2.19. The Morgan fingerprint density at radius 3 is 2.93 bits per heavy atom. The number of carbonyl (C=O) groups excluding carboxylic acids is 1. The van der Waals surface area contributed by atoms with E-state index in [0.29, 0.717) is 12.5 Å². The van der Waals surface area contributed by atoms with Crippen molar-refractivity contribution in [2.45, 2.75) is 25.9 Å². The van der Waals surface area contributed by atoms with Gasteiger partial charge >= 0.3 is 6.09 Å². The summed E-state index contributed by atoms with van der Waals surface area (Å²) in [6.07, 6.45) is 4.45. The molecule has 3 aromatic rings. The quantitative estimate of drug-likeness (QED) is 0.603. The molecule has 3 heterocycles. The van der Waals surface area contributed by atoms with Crippen LogP contribution >= 0.6 is 22.7 Å². The monoisotopic (exact) mass is 403 g/mol. The first-order valence-corrected chi connectivity index (χ1v) is 10.8. The highest BCUT2D eigenvalue weighted by molar-refractivity contribution is 7.16. The Labute approximate surface area is 165 Å². The van der Waals surface area contributed by atoms with E-state index in [-0.39, 0.29) is 12.7 Å². The number of ether oxygens (including phenoxy) is 2. The van der Waals surface area contributed by atoms with E-state index in [4.69, 9.17) is 9.47 Å². The van der Waals surface area contributed by atoms with Crippen LogP contribution in [0.2, 0.25) is 0 Å². The van der Waals surface area contributed by atoms with Gasteiger partial charge in [-0.05, 0) is 37.3 Å². The van der Waals surface area contributed by atoms with Gasteiger partial charge in [-0.25, -0.2) is 14.8 Å². The summed E-state index contributed by atoms with van der Waals surface area (Å²) >= 11 is 3.13. The minimum Gasteiger partial charge on any atom is -0.494 e. The third-order valence-electron chi connectivity index (χ3n) is 4.77. The van der Waals surface area contributed by atoms with E-state index < -0.39 is 0 Å². The molecule has 27 heavy (non-hydrogen) atoms. The summed E-state index contributed by atoms with van der Waals surface area (Å²) in [4.78, 5) is 22.4. The van der Waals surface area contributed by atoms with Gasteiger partial charge in [0.2, 0.25) is 0 Å². The van der Waals surface area contributed by atoms with E-state index in [1.54, 1.807) is 22.4 Å². The van der Waals surface area contributed by atoms with Crippen molar-refractivity contribution in [2.75, 3.05) is 19.7 Å². The van der Waals surface area contributed by atoms with Crippen molar-refractivity contribution >= 4 is 39.0 Å². The Morgan fingerprint density at radius 1 is 1.22 bits per heavy atom. The number of hydrogen-bond acceptors (Lipinski definition) is 7. The van der Waals surface area contributed by atoms with Crippen molar-refractivity contribution in [2.24, 2.45) is 5.92 Å². The van der Waals surface area contributed by atoms with Gasteiger partial charge in [-0.2, -0.15) is 0 Å². The summed E-state index contributed by atoms with van der Waals surface area (Å²) in [5.74, 6) is 1.45. The number of nitrogens with zero attached hydrogens (tertiary/aromatic N) is 3. The summed E-state index contributed by atoms with van der Waals surface area (Å²) in [7, 11) is 0. The lowest BCUT2D eigenvalue weighted by Crippen LogP contribution is -2.39. The van der Waals surface area contributed by atoms with Crippen LogP contribution in [0.15, 0.2) is 35.3 Å². The van der Waals surface area contributed by atoms with Crippen molar-refractivity contribution in [3.63, 3.8) is 0 Å². The molecule has 6 nitrogen and oxygen atoms in total. The van der Waals surface area contributed by atoms with E-state index >= 15 is 0 Å². The molecule has 4 rings (SSSR count). The van der Waals surface area contributed by atoms with E-state index in [0.717, 1.165) is 48.6 Å². The van der Waals surface area contributed by atoms with Crippen LogP contribution < -0.4 is 4.74 Å². The topological polar surface area (TPSA) is 64.5 Å². The fraction of sp³-hybridized carbons (Fsp3) is 0.421. The summed E-state index contributed by atoms with van der Waals surface area (Å²) in [6, 6.07) is 6.05. The van der Waals surface area contributed by atoms with Gasteiger partial charge in [-0.15, -0.1) is 22.7 Å². The lowest BCUT2D eigenvalue weighted by molar-refractivity contribution is 0.0799. The number of hydrogen-bond donors (Lipinski definition) is 0. The number of rotatable bonds is 6. The zero-order valence-electron chi connectivity index (χ0n) is 14.9. The van der Waals surface area contributed by atoms with Crippen LogP contribution in [-0.4, -0.2) is 40.7 Å². The minimum atomic E-state index is -0.239. The van der Waals surface area contributed by atoms with E-state index in [1.165, 1.54) is 16.0 Å². The zero-order chi connectivity index (χ0) is 18.5. The van der Waals surface area contributed by atoms with Gasteiger partial charge in [0, 0.05) is 30.7 Å². The first-order valence-electron chi connectivity index (χ1n) is 9.04. The van der Waals surface area contributed by atoms with E-state index in [1.807, 2.05) is 23.0 Å². The molecule has 1 saturated heterocycles. The van der Waals surface area contributed by atoms with E-state index in [9.17, 15) is 4.79 Å². The normalized spacial score (nSPS) is 15.2. The maximum atomic E-state index is 12.1. The predicted octanol–water partition coefficient (Wildman–Crippen LogP) is 4.57.